The number of carbonyl (C=O) groups excluding carboxylic acids is 1. The van der Waals surface area contributed by atoms with Crippen LogP contribution in [0.4, 0.5) is 18.9 Å². The van der Waals surface area contributed by atoms with Gasteiger partial charge in [0, 0.05) is 37.2 Å². The highest BCUT2D eigenvalue weighted by Crippen LogP contribution is 2.40. The van der Waals surface area contributed by atoms with Gasteiger partial charge in [0.25, 0.3) is 5.91 Å². The van der Waals surface area contributed by atoms with Crippen LogP contribution in [0.1, 0.15) is 61.0 Å². The summed E-state index contributed by atoms with van der Waals surface area (Å²) in [4.78, 5) is 21.5. The molecule has 1 saturated carbocycles. The predicted molar refractivity (Wildman–Crippen MR) is 155 cm³/mol. The lowest BCUT2D eigenvalue weighted by Crippen LogP contribution is -2.46. The number of aromatic nitrogens is 2. The molecule has 2 aliphatic rings. The van der Waals surface area contributed by atoms with Crippen LogP contribution in [0.15, 0.2) is 42.7 Å². The number of pyridine rings is 2. The van der Waals surface area contributed by atoms with E-state index in [9.17, 15) is 9.18 Å². The third-order valence-electron chi connectivity index (χ3n) is 8.06. The zero-order chi connectivity index (χ0) is 31.2. The Morgan fingerprint density at radius 3 is 2.59 bits per heavy atom. The first-order valence-corrected chi connectivity index (χ1v) is 14.6. The summed E-state index contributed by atoms with van der Waals surface area (Å²) in [5.41, 5.74) is 6.12. The number of nitrogens with one attached hydrogen (secondary N) is 1. The van der Waals surface area contributed by atoms with Gasteiger partial charge in [-0.05, 0) is 48.4 Å². The second-order valence-electron chi connectivity index (χ2n) is 11.2. The average molecular weight is 610 g/mol. The summed E-state index contributed by atoms with van der Waals surface area (Å²) in [5.74, 6) is -3.77. The second kappa shape index (κ2) is 14.2. The van der Waals surface area contributed by atoms with Crippen molar-refractivity contribution in [3.8, 4) is 23.1 Å². The number of hydrogen-bond acceptors (Lipinski definition) is 8. The van der Waals surface area contributed by atoms with Crippen molar-refractivity contribution in [3.63, 3.8) is 0 Å². The molecule has 0 unspecified atom stereocenters. The lowest BCUT2D eigenvalue weighted by Gasteiger charge is -2.39. The molecule has 4 atom stereocenters. The molecule has 232 valence electrons. The Bertz CT molecular complexity index is 1490. The fraction of sp³-hybridized carbons (Fsp3) is 0.438. The van der Waals surface area contributed by atoms with Crippen molar-refractivity contribution in [2.45, 2.75) is 63.2 Å². The number of ether oxygens (including phenoxy) is 3. The molecule has 0 radical (unpaired) electrons. The van der Waals surface area contributed by atoms with E-state index in [0.29, 0.717) is 44.8 Å². The maximum atomic E-state index is 15.2. The van der Waals surface area contributed by atoms with Crippen molar-refractivity contribution in [1.29, 1.82) is 5.26 Å². The minimum Gasteiger partial charge on any atom is -0.490 e. The Morgan fingerprint density at radius 1 is 1.14 bits per heavy atom. The van der Waals surface area contributed by atoms with E-state index >= 15 is 8.78 Å². The molecule has 3 N–H and O–H groups in total. The van der Waals surface area contributed by atoms with Crippen molar-refractivity contribution < 1.29 is 32.2 Å². The smallest absolute Gasteiger partial charge is 0.274 e. The summed E-state index contributed by atoms with van der Waals surface area (Å²) in [6, 6.07) is 7.64. The summed E-state index contributed by atoms with van der Waals surface area (Å²) in [7, 11) is 0. The number of benzene rings is 1. The summed E-state index contributed by atoms with van der Waals surface area (Å²) in [6.45, 7) is 3.33. The van der Waals surface area contributed by atoms with Crippen LogP contribution in [0, 0.1) is 34.7 Å². The molecule has 1 amide bonds. The van der Waals surface area contributed by atoms with E-state index in [-0.39, 0.29) is 47.9 Å². The quantitative estimate of drug-likeness (QED) is 0.304. The SMILES string of the molecule is C[C@H]1C[C@@H](c2ccncc2NC(=O)c2ccc(F)c(-c3c(F)cc(OC4CCOCC4)cc3F)n2)C[C@@H](N)[C@H]1OCCC#N. The number of anilines is 1. The van der Waals surface area contributed by atoms with Gasteiger partial charge in [-0.25, -0.2) is 18.2 Å². The molecular formula is C32H34F3N5O4. The van der Waals surface area contributed by atoms with Crippen LogP contribution < -0.4 is 15.8 Å². The molecule has 3 heterocycles. The standard InChI is InChI=1S/C32H34F3N5O4/c1-18-13-19(14-26(37)31(18)43-10-2-8-36)22-5-9-38-17-28(22)40-32(41)27-4-3-23(33)30(39-27)29-24(34)15-21(16-25(29)35)44-20-6-11-42-12-7-20/h3-5,9,15-20,26,31H,2,6-7,10-14,37H2,1H3,(H,40,41)/t18-,19+,26+,31-/m0/s1. The van der Waals surface area contributed by atoms with Crippen molar-refractivity contribution in [1.82, 2.24) is 9.97 Å². The summed E-state index contributed by atoms with van der Waals surface area (Å²) < 4.78 is 62.0. The average Bonchev–Trinajstić information content (AvgIpc) is 3.00. The number of nitrogens with zero attached hydrogens (tertiary/aromatic N) is 3. The van der Waals surface area contributed by atoms with Crippen LogP contribution >= 0.6 is 0 Å². The number of hydrogen-bond donors (Lipinski definition) is 2. The normalized spacial score (nSPS) is 22.3. The molecule has 2 aromatic heterocycles. The minimum absolute atomic E-state index is 0.0177. The number of nitrogens with two attached hydrogens (primary N) is 1. The Morgan fingerprint density at radius 2 is 1.89 bits per heavy atom. The van der Waals surface area contributed by atoms with Gasteiger partial charge in [-0.15, -0.1) is 0 Å². The van der Waals surface area contributed by atoms with Gasteiger partial charge in [-0.1, -0.05) is 6.92 Å². The molecular weight excluding hydrogens is 575 g/mol. The van der Waals surface area contributed by atoms with E-state index in [0.717, 1.165) is 36.2 Å². The monoisotopic (exact) mass is 609 g/mol. The molecule has 1 aliphatic heterocycles. The fourth-order valence-corrected chi connectivity index (χ4v) is 5.97. The number of rotatable bonds is 9. The Balaban J connectivity index is 1.33. The van der Waals surface area contributed by atoms with Crippen LogP contribution in [0.5, 0.6) is 5.75 Å². The van der Waals surface area contributed by atoms with Gasteiger partial charge in [0.1, 0.15) is 40.7 Å². The minimum atomic E-state index is -1.07. The van der Waals surface area contributed by atoms with Crippen LogP contribution in [0.3, 0.4) is 0 Å². The molecule has 1 saturated heterocycles. The predicted octanol–water partition coefficient (Wildman–Crippen LogP) is 5.51. The first-order chi connectivity index (χ1) is 21.2. The van der Waals surface area contributed by atoms with Crippen LogP contribution in [-0.2, 0) is 9.47 Å². The van der Waals surface area contributed by atoms with Crippen molar-refractivity contribution in [2.75, 3.05) is 25.1 Å². The molecule has 2 fully saturated rings. The zero-order valence-electron chi connectivity index (χ0n) is 24.3. The van der Waals surface area contributed by atoms with Gasteiger partial charge in [0.2, 0.25) is 0 Å². The summed E-state index contributed by atoms with van der Waals surface area (Å²) in [5, 5.41) is 11.6. The first-order valence-electron chi connectivity index (χ1n) is 14.6. The van der Waals surface area contributed by atoms with Gasteiger partial charge >= 0.3 is 0 Å². The number of halogens is 3. The van der Waals surface area contributed by atoms with Gasteiger partial charge in [0.05, 0.1) is 55.9 Å². The van der Waals surface area contributed by atoms with Crippen LogP contribution in [-0.4, -0.2) is 53.9 Å². The molecule has 3 aromatic rings. The Kier molecular flexibility index (Phi) is 10.1. The Hall–Kier alpha value is -4.05. The van der Waals surface area contributed by atoms with Crippen LogP contribution in [0.2, 0.25) is 0 Å². The molecule has 9 nitrogen and oxygen atoms in total. The first kappa shape index (κ1) is 31.4. The highest BCUT2D eigenvalue weighted by atomic mass is 19.1. The maximum Gasteiger partial charge on any atom is 0.274 e. The Labute approximate surface area is 253 Å². The molecule has 0 bridgehead atoms. The second-order valence-corrected chi connectivity index (χ2v) is 11.2. The zero-order valence-corrected chi connectivity index (χ0v) is 24.3. The van der Waals surface area contributed by atoms with Crippen molar-refractivity contribution in [3.05, 3.63) is 71.4 Å². The van der Waals surface area contributed by atoms with Gasteiger partial charge in [-0.2, -0.15) is 5.26 Å². The van der Waals surface area contributed by atoms with E-state index in [2.05, 4.69) is 21.4 Å². The highest BCUT2D eigenvalue weighted by molar-refractivity contribution is 6.03. The number of carbonyl (C=O) groups is 1. The largest absolute Gasteiger partial charge is 0.490 e. The third kappa shape index (κ3) is 7.18. The highest BCUT2D eigenvalue weighted by Gasteiger charge is 2.36. The van der Waals surface area contributed by atoms with Crippen molar-refractivity contribution in [2.24, 2.45) is 11.7 Å². The van der Waals surface area contributed by atoms with Gasteiger partial charge in [-0.3, -0.25) is 9.78 Å². The van der Waals surface area contributed by atoms with Crippen molar-refractivity contribution >= 4 is 11.6 Å². The lowest BCUT2D eigenvalue weighted by molar-refractivity contribution is -0.0198. The molecule has 1 aromatic carbocycles. The van der Waals surface area contributed by atoms with Gasteiger partial charge in [0.15, 0.2) is 0 Å². The third-order valence-corrected chi connectivity index (χ3v) is 8.06. The van der Waals surface area contributed by atoms with Gasteiger partial charge < -0.3 is 25.3 Å². The van der Waals surface area contributed by atoms with E-state index in [1.807, 2.05) is 6.92 Å². The van der Waals surface area contributed by atoms with E-state index in [1.54, 1.807) is 12.3 Å². The molecule has 12 heteroatoms. The van der Waals surface area contributed by atoms with E-state index in [1.165, 1.54) is 6.20 Å². The fourth-order valence-electron chi connectivity index (χ4n) is 5.97. The molecule has 5 rings (SSSR count). The van der Waals surface area contributed by atoms with E-state index in [4.69, 9.17) is 25.2 Å². The molecule has 1 aliphatic carbocycles. The number of amides is 1. The van der Waals surface area contributed by atoms with Crippen LogP contribution in [0.25, 0.3) is 11.3 Å². The summed E-state index contributed by atoms with van der Waals surface area (Å²) >= 11 is 0. The number of nitriles is 1. The summed E-state index contributed by atoms with van der Waals surface area (Å²) in [6.07, 6.45) is 5.45. The molecule has 44 heavy (non-hydrogen) atoms. The topological polar surface area (TPSA) is 132 Å². The maximum absolute atomic E-state index is 15.2. The lowest BCUT2D eigenvalue weighted by atomic mass is 9.74. The molecule has 0 spiro atoms. The van der Waals surface area contributed by atoms with E-state index < -0.39 is 34.6 Å².